The summed E-state index contributed by atoms with van der Waals surface area (Å²) in [4.78, 5) is 32.8. The van der Waals surface area contributed by atoms with E-state index in [1.165, 1.54) is 18.2 Å². The molecule has 0 spiro atoms. The summed E-state index contributed by atoms with van der Waals surface area (Å²) in [5.74, 6) is -5.35. The lowest BCUT2D eigenvalue weighted by atomic mass is 10.1. The van der Waals surface area contributed by atoms with Crippen molar-refractivity contribution in [3.8, 4) is 11.5 Å². The number of rotatable bonds is 7. The van der Waals surface area contributed by atoms with Crippen LogP contribution < -0.4 is 0 Å². The quantitative estimate of drug-likeness (QED) is 0.329. The monoisotopic (exact) mass is 314 g/mol. The SMILES string of the molecule is O=C(CCc1ccc(O)c(O)c1)O[C@@H](C(=O)O)[C@@H](O)C(=O)O. The van der Waals surface area contributed by atoms with Gasteiger partial charge in [-0.25, -0.2) is 9.59 Å². The Morgan fingerprint density at radius 3 is 2.18 bits per heavy atom. The third-order valence-electron chi connectivity index (χ3n) is 2.70. The smallest absolute Gasteiger partial charge is 0.348 e. The van der Waals surface area contributed by atoms with Crippen LogP contribution in [-0.4, -0.2) is 55.6 Å². The van der Waals surface area contributed by atoms with Crippen molar-refractivity contribution in [1.82, 2.24) is 0 Å². The zero-order valence-corrected chi connectivity index (χ0v) is 11.2. The highest BCUT2D eigenvalue weighted by Crippen LogP contribution is 2.25. The van der Waals surface area contributed by atoms with E-state index in [0.717, 1.165) is 0 Å². The molecule has 120 valence electrons. The summed E-state index contributed by atoms with van der Waals surface area (Å²) in [5, 5.41) is 44.8. The Balaban J connectivity index is 2.62. The first-order valence-corrected chi connectivity index (χ1v) is 6.06. The molecule has 5 N–H and O–H groups in total. The first kappa shape index (κ1) is 17.2. The summed E-state index contributed by atoms with van der Waals surface area (Å²) in [6.07, 6.45) is -4.83. The van der Waals surface area contributed by atoms with Crippen molar-refractivity contribution in [2.45, 2.75) is 25.0 Å². The number of aliphatic carboxylic acids is 2. The molecule has 0 aromatic heterocycles. The number of phenols is 2. The van der Waals surface area contributed by atoms with Crippen molar-refractivity contribution < 1.29 is 44.7 Å². The molecule has 0 aliphatic carbocycles. The number of aliphatic hydroxyl groups is 1. The predicted molar refractivity (Wildman–Crippen MR) is 69.3 cm³/mol. The number of carbonyl (C=O) groups is 3. The molecule has 0 aliphatic rings. The minimum Gasteiger partial charge on any atom is -0.504 e. The number of aryl methyl sites for hydroxylation is 1. The van der Waals surface area contributed by atoms with Crippen LogP contribution in [0.25, 0.3) is 0 Å². The maximum Gasteiger partial charge on any atom is 0.348 e. The van der Waals surface area contributed by atoms with Crippen LogP contribution in [0.15, 0.2) is 18.2 Å². The van der Waals surface area contributed by atoms with Crippen LogP contribution in [0.3, 0.4) is 0 Å². The van der Waals surface area contributed by atoms with E-state index >= 15 is 0 Å². The Labute approximate surface area is 124 Å². The molecule has 22 heavy (non-hydrogen) atoms. The molecule has 1 aromatic rings. The lowest BCUT2D eigenvalue weighted by Crippen LogP contribution is -2.43. The lowest BCUT2D eigenvalue weighted by molar-refractivity contribution is -0.178. The van der Waals surface area contributed by atoms with Crippen LogP contribution in [-0.2, 0) is 25.5 Å². The van der Waals surface area contributed by atoms with E-state index in [9.17, 15) is 19.5 Å². The third kappa shape index (κ3) is 4.63. The number of ether oxygens (including phenoxy) is 1. The summed E-state index contributed by atoms with van der Waals surface area (Å²) in [6.45, 7) is 0. The average molecular weight is 314 g/mol. The maximum atomic E-state index is 11.5. The minimum atomic E-state index is -2.38. The zero-order chi connectivity index (χ0) is 16.9. The maximum absolute atomic E-state index is 11.5. The molecule has 0 unspecified atom stereocenters. The van der Waals surface area contributed by atoms with Crippen molar-refractivity contribution in [1.29, 1.82) is 0 Å². The Morgan fingerprint density at radius 1 is 1.05 bits per heavy atom. The molecule has 9 nitrogen and oxygen atoms in total. The predicted octanol–water partition coefficient (Wildman–Crippen LogP) is -0.528. The number of carboxylic acid groups (broad SMARTS) is 2. The van der Waals surface area contributed by atoms with Gasteiger partial charge in [-0.2, -0.15) is 0 Å². The van der Waals surface area contributed by atoms with E-state index in [0.29, 0.717) is 5.56 Å². The molecule has 0 bridgehead atoms. The molecular weight excluding hydrogens is 300 g/mol. The Morgan fingerprint density at radius 2 is 1.68 bits per heavy atom. The van der Waals surface area contributed by atoms with Crippen molar-refractivity contribution in [3.63, 3.8) is 0 Å². The molecule has 0 heterocycles. The van der Waals surface area contributed by atoms with Crippen molar-refractivity contribution in [2.24, 2.45) is 0 Å². The molecule has 0 radical (unpaired) electrons. The summed E-state index contributed by atoms with van der Waals surface area (Å²) < 4.78 is 4.43. The number of hydrogen-bond acceptors (Lipinski definition) is 7. The van der Waals surface area contributed by atoms with Gasteiger partial charge in [-0.05, 0) is 24.1 Å². The van der Waals surface area contributed by atoms with E-state index in [1.807, 2.05) is 0 Å². The highest BCUT2D eigenvalue weighted by molar-refractivity contribution is 5.85. The van der Waals surface area contributed by atoms with E-state index in [4.69, 9.17) is 20.4 Å². The summed E-state index contributed by atoms with van der Waals surface area (Å²) >= 11 is 0. The van der Waals surface area contributed by atoms with Gasteiger partial charge >= 0.3 is 17.9 Å². The molecule has 2 atom stereocenters. The van der Waals surface area contributed by atoms with E-state index in [1.54, 1.807) is 0 Å². The number of aromatic hydroxyl groups is 2. The second-order valence-corrected chi connectivity index (χ2v) is 4.35. The van der Waals surface area contributed by atoms with E-state index < -0.39 is 30.1 Å². The van der Waals surface area contributed by atoms with Crippen LogP contribution in [0.5, 0.6) is 11.5 Å². The summed E-state index contributed by atoms with van der Waals surface area (Å²) in [7, 11) is 0. The largest absolute Gasteiger partial charge is 0.504 e. The second kappa shape index (κ2) is 7.27. The van der Waals surface area contributed by atoms with Gasteiger partial charge in [-0.1, -0.05) is 6.07 Å². The van der Waals surface area contributed by atoms with Crippen molar-refractivity contribution in [3.05, 3.63) is 23.8 Å². The van der Waals surface area contributed by atoms with E-state index in [-0.39, 0.29) is 24.3 Å². The number of aliphatic hydroxyl groups excluding tert-OH is 1. The molecule has 0 saturated carbocycles. The fourth-order valence-corrected chi connectivity index (χ4v) is 1.55. The van der Waals surface area contributed by atoms with Crippen molar-refractivity contribution in [2.75, 3.05) is 0 Å². The van der Waals surface area contributed by atoms with Gasteiger partial charge in [-0.3, -0.25) is 4.79 Å². The first-order chi connectivity index (χ1) is 10.2. The zero-order valence-electron chi connectivity index (χ0n) is 11.2. The van der Waals surface area contributed by atoms with Crippen LogP contribution in [0.1, 0.15) is 12.0 Å². The van der Waals surface area contributed by atoms with Crippen molar-refractivity contribution >= 4 is 17.9 Å². The molecule has 1 rings (SSSR count). The minimum absolute atomic E-state index is 0.0577. The molecule has 1 aromatic carbocycles. The van der Waals surface area contributed by atoms with Crippen LogP contribution in [0.4, 0.5) is 0 Å². The number of phenolic OH excluding ortho intramolecular Hbond substituents is 2. The highest BCUT2D eigenvalue weighted by Gasteiger charge is 2.35. The molecule has 0 aliphatic heterocycles. The topological polar surface area (TPSA) is 162 Å². The number of esters is 1. The standard InChI is InChI=1S/C13H14O9/c14-7-3-1-6(5-8(7)15)2-4-9(16)22-11(13(20)21)10(17)12(18)19/h1,3,5,10-11,14-15,17H,2,4H2,(H,18,19)(H,20,21)/t10-,11-/m1/s1. The van der Waals surface area contributed by atoms with Gasteiger partial charge in [0, 0.05) is 6.42 Å². The number of hydrogen-bond donors (Lipinski definition) is 5. The van der Waals surface area contributed by atoms with Crippen LogP contribution in [0, 0.1) is 0 Å². The molecular formula is C13H14O9. The number of carbonyl (C=O) groups excluding carboxylic acids is 1. The molecule has 0 fully saturated rings. The van der Waals surface area contributed by atoms with Crippen LogP contribution >= 0.6 is 0 Å². The summed E-state index contributed by atoms with van der Waals surface area (Å²) in [6, 6.07) is 3.86. The van der Waals surface area contributed by atoms with Gasteiger partial charge in [0.2, 0.25) is 6.10 Å². The lowest BCUT2D eigenvalue weighted by Gasteiger charge is -2.16. The number of benzene rings is 1. The fraction of sp³-hybridized carbons (Fsp3) is 0.308. The third-order valence-corrected chi connectivity index (χ3v) is 2.70. The highest BCUT2D eigenvalue weighted by atomic mass is 16.6. The van der Waals surface area contributed by atoms with Gasteiger partial charge in [0.15, 0.2) is 17.6 Å². The molecule has 9 heteroatoms. The van der Waals surface area contributed by atoms with Gasteiger partial charge in [0.1, 0.15) is 0 Å². The molecule has 0 saturated heterocycles. The first-order valence-electron chi connectivity index (χ1n) is 6.06. The number of carboxylic acids is 2. The van der Waals surface area contributed by atoms with E-state index in [2.05, 4.69) is 4.74 Å². The second-order valence-electron chi connectivity index (χ2n) is 4.35. The summed E-state index contributed by atoms with van der Waals surface area (Å²) in [5.41, 5.74) is 0.470. The Hall–Kier alpha value is -2.81. The average Bonchev–Trinajstić information content (AvgIpc) is 2.44. The fourth-order valence-electron chi connectivity index (χ4n) is 1.55. The van der Waals surface area contributed by atoms with Crippen LogP contribution in [0.2, 0.25) is 0 Å². The van der Waals surface area contributed by atoms with Gasteiger partial charge in [0.25, 0.3) is 0 Å². The molecule has 0 amide bonds. The Kier molecular flexibility index (Phi) is 5.70. The van der Waals surface area contributed by atoms with Gasteiger partial charge in [-0.15, -0.1) is 0 Å². The Bertz CT molecular complexity index is 581. The van der Waals surface area contributed by atoms with Gasteiger partial charge < -0.3 is 30.3 Å². The normalized spacial score (nSPS) is 13.1. The van der Waals surface area contributed by atoms with Gasteiger partial charge in [0.05, 0.1) is 0 Å².